The minimum atomic E-state index is -0.393. The van der Waals surface area contributed by atoms with Crippen molar-refractivity contribution in [2.75, 3.05) is 4.90 Å². The van der Waals surface area contributed by atoms with Crippen LogP contribution >= 0.6 is 34.4 Å². The van der Waals surface area contributed by atoms with Gasteiger partial charge in [-0.3, -0.25) is 9.69 Å². The molecule has 3 heterocycles. The van der Waals surface area contributed by atoms with Gasteiger partial charge in [-0.05, 0) is 31.9 Å². The molecule has 1 atom stereocenters. The lowest BCUT2D eigenvalue weighted by Crippen LogP contribution is -2.38. The molecule has 0 amide bonds. The number of aromatic nitrogens is 2. The Morgan fingerprint density at radius 1 is 1.31 bits per heavy atom. The maximum absolute atomic E-state index is 13.0. The maximum atomic E-state index is 13.0. The van der Waals surface area contributed by atoms with Crippen molar-refractivity contribution in [3.8, 4) is 6.07 Å². The first kappa shape index (κ1) is 20.1. The number of nitrogens with two attached hydrogens (primary N) is 1. The standard InChI is InChI=1S/C20H21N5OS3/c1-10(2)27-20-24-23-19(29-20)25-13-5-4-6-14(26)17(13)16(12(9-21)18(25)22)15-8-7-11(3)28-15/h7-8,10,16H,4-6,22H2,1-3H3/t16-/m0/s1. The van der Waals surface area contributed by atoms with Crippen molar-refractivity contribution < 1.29 is 4.79 Å². The number of ketones is 1. The Hall–Kier alpha value is -2.15. The zero-order chi connectivity index (χ0) is 20.7. The van der Waals surface area contributed by atoms with Crippen molar-refractivity contribution in [3.63, 3.8) is 0 Å². The molecule has 2 N–H and O–H groups in total. The van der Waals surface area contributed by atoms with Gasteiger partial charge in [0.1, 0.15) is 5.82 Å². The number of hydrogen-bond acceptors (Lipinski definition) is 9. The van der Waals surface area contributed by atoms with Crippen LogP contribution in [-0.4, -0.2) is 21.2 Å². The number of nitriles is 1. The van der Waals surface area contributed by atoms with E-state index in [1.165, 1.54) is 11.3 Å². The Bertz CT molecular complexity index is 1070. The average molecular weight is 444 g/mol. The van der Waals surface area contributed by atoms with Crippen LogP contribution < -0.4 is 10.6 Å². The van der Waals surface area contributed by atoms with Crippen LogP contribution in [-0.2, 0) is 4.79 Å². The number of anilines is 1. The zero-order valence-electron chi connectivity index (χ0n) is 16.4. The number of carbonyl (C=O) groups is 1. The monoisotopic (exact) mass is 443 g/mol. The van der Waals surface area contributed by atoms with Crippen molar-refractivity contribution in [3.05, 3.63) is 44.6 Å². The topological polar surface area (TPSA) is 95.9 Å². The third kappa shape index (κ3) is 3.61. The molecule has 0 saturated heterocycles. The van der Waals surface area contributed by atoms with Gasteiger partial charge in [0.25, 0.3) is 0 Å². The molecule has 0 fully saturated rings. The van der Waals surface area contributed by atoms with Crippen molar-refractivity contribution >= 4 is 45.4 Å². The van der Waals surface area contributed by atoms with E-state index in [-0.39, 0.29) is 5.78 Å². The van der Waals surface area contributed by atoms with E-state index in [1.54, 1.807) is 28.0 Å². The molecule has 0 aromatic carbocycles. The number of aryl methyl sites for hydroxylation is 1. The molecule has 0 spiro atoms. The quantitative estimate of drug-likeness (QED) is 0.683. The fourth-order valence-electron chi connectivity index (χ4n) is 3.74. The summed E-state index contributed by atoms with van der Waals surface area (Å²) in [5.41, 5.74) is 8.51. The van der Waals surface area contributed by atoms with Crippen molar-refractivity contribution in [2.45, 2.75) is 55.5 Å². The molecule has 9 heteroatoms. The predicted molar refractivity (Wildman–Crippen MR) is 118 cm³/mol. The first-order chi connectivity index (χ1) is 13.9. The van der Waals surface area contributed by atoms with E-state index in [1.807, 2.05) is 19.1 Å². The van der Waals surface area contributed by atoms with Crippen molar-refractivity contribution in [1.82, 2.24) is 10.2 Å². The van der Waals surface area contributed by atoms with Crippen molar-refractivity contribution in [1.29, 1.82) is 5.26 Å². The molecule has 1 aliphatic heterocycles. The molecular formula is C20H21N5OS3. The van der Waals surface area contributed by atoms with E-state index >= 15 is 0 Å². The van der Waals surface area contributed by atoms with Gasteiger partial charge in [-0.15, -0.1) is 21.5 Å². The van der Waals surface area contributed by atoms with Crippen molar-refractivity contribution in [2.24, 2.45) is 5.73 Å². The van der Waals surface area contributed by atoms with Crippen LogP contribution in [0, 0.1) is 18.3 Å². The van der Waals surface area contributed by atoms with Crippen LogP contribution in [0.2, 0.25) is 0 Å². The van der Waals surface area contributed by atoms with Gasteiger partial charge in [-0.2, -0.15) is 5.26 Å². The summed E-state index contributed by atoms with van der Waals surface area (Å²) in [4.78, 5) is 16.9. The zero-order valence-corrected chi connectivity index (χ0v) is 18.9. The van der Waals surface area contributed by atoms with Crippen LogP contribution in [0.15, 0.2) is 39.1 Å². The van der Waals surface area contributed by atoms with Gasteiger partial charge in [0.2, 0.25) is 5.13 Å². The Morgan fingerprint density at radius 2 is 2.10 bits per heavy atom. The summed E-state index contributed by atoms with van der Waals surface area (Å²) in [5.74, 6) is 0.0540. The van der Waals surface area contributed by atoms with E-state index in [0.29, 0.717) is 33.8 Å². The maximum Gasteiger partial charge on any atom is 0.219 e. The van der Waals surface area contributed by atoms with Gasteiger partial charge in [-0.25, -0.2) is 0 Å². The number of rotatable bonds is 4. The lowest BCUT2D eigenvalue weighted by molar-refractivity contribution is -0.116. The largest absolute Gasteiger partial charge is 0.384 e. The highest BCUT2D eigenvalue weighted by atomic mass is 32.2. The number of carbonyl (C=O) groups excluding carboxylic acids is 1. The van der Waals surface area contributed by atoms with Crippen LogP contribution in [0.1, 0.15) is 48.8 Å². The van der Waals surface area contributed by atoms with E-state index in [0.717, 1.165) is 32.6 Å². The van der Waals surface area contributed by atoms with Gasteiger partial charge in [0.05, 0.1) is 17.6 Å². The molecule has 0 unspecified atom stereocenters. The second-order valence-electron chi connectivity index (χ2n) is 7.28. The molecule has 1 aliphatic carbocycles. The van der Waals surface area contributed by atoms with E-state index < -0.39 is 5.92 Å². The Morgan fingerprint density at radius 3 is 2.76 bits per heavy atom. The average Bonchev–Trinajstić information content (AvgIpc) is 3.29. The fraction of sp³-hybridized carbons (Fsp3) is 0.400. The third-order valence-corrected chi connectivity index (χ3v) is 7.94. The Balaban J connectivity index is 1.88. The molecule has 29 heavy (non-hydrogen) atoms. The molecule has 4 rings (SSSR count). The minimum absolute atomic E-state index is 0.0915. The fourth-order valence-corrected chi connectivity index (χ4v) is 6.84. The third-order valence-electron chi connectivity index (χ3n) is 4.88. The molecular weight excluding hydrogens is 422 g/mol. The number of hydrogen-bond donors (Lipinski definition) is 1. The number of Topliss-reactive ketones (excluding diaryl/α,β-unsaturated/α-hetero) is 1. The van der Waals surface area contributed by atoms with E-state index in [2.05, 4.69) is 30.1 Å². The van der Waals surface area contributed by atoms with Crippen LogP contribution in [0.5, 0.6) is 0 Å². The van der Waals surface area contributed by atoms with Gasteiger partial charge >= 0.3 is 0 Å². The molecule has 0 saturated carbocycles. The highest BCUT2D eigenvalue weighted by Gasteiger charge is 2.41. The summed E-state index contributed by atoms with van der Waals surface area (Å²) in [5, 5.41) is 19.6. The SMILES string of the molecule is Cc1ccc([C@@H]2C(C#N)=C(N)N(c3nnc(SC(C)C)s3)C3=C2C(=O)CCC3)s1. The summed E-state index contributed by atoms with van der Waals surface area (Å²) < 4.78 is 0.849. The highest BCUT2D eigenvalue weighted by Crippen LogP contribution is 2.48. The smallest absolute Gasteiger partial charge is 0.219 e. The molecule has 0 radical (unpaired) electrons. The summed E-state index contributed by atoms with van der Waals surface area (Å²) >= 11 is 4.69. The summed E-state index contributed by atoms with van der Waals surface area (Å²) in [6, 6.07) is 6.31. The normalized spacial score (nSPS) is 19.8. The summed E-state index contributed by atoms with van der Waals surface area (Å²) in [6.07, 6.45) is 2.00. The van der Waals surface area contributed by atoms with Gasteiger partial charge in [-0.1, -0.05) is 36.9 Å². The summed E-state index contributed by atoms with van der Waals surface area (Å²) in [6.45, 7) is 6.22. The molecule has 150 valence electrons. The molecule has 6 nitrogen and oxygen atoms in total. The Kier molecular flexibility index (Phi) is 5.51. The van der Waals surface area contributed by atoms with Gasteiger partial charge < -0.3 is 5.73 Å². The molecule has 2 aromatic heterocycles. The van der Waals surface area contributed by atoms with Crippen LogP contribution in [0.3, 0.4) is 0 Å². The number of allylic oxidation sites excluding steroid dienone is 3. The highest BCUT2D eigenvalue weighted by molar-refractivity contribution is 8.01. The second-order valence-corrected chi connectivity index (χ2v) is 11.4. The van der Waals surface area contributed by atoms with E-state index in [4.69, 9.17) is 5.73 Å². The number of nitrogens with zero attached hydrogens (tertiary/aromatic N) is 4. The minimum Gasteiger partial charge on any atom is -0.384 e. The first-order valence-electron chi connectivity index (χ1n) is 9.43. The first-order valence-corrected chi connectivity index (χ1v) is 11.9. The van der Waals surface area contributed by atoms with Gasteiger partial charge in [0, 0.05) is 32.7 Å². The summed E-state index contributed by atoms with van der Waals surface area (Å²) in [7, 11) is 0. The van der Waals surface area contributed by atoms with E-state index in [9.17, 15) is 10.1 Å². The predicted octanol–water partition coefficient (Wildman–Crippen LogP) is 4.71. The Labute approximate surface area is 182 Å². The molecule has 0 bridgehead atoms. The lowest BCUT2D eigenvalue weighted by Gasteiger charge is -2.37. The number of thiophene rings is 1. The van der Waals surface area contributed by atoms with Crippen LogP contribution in [0.25, 0.3) is 0 Å². The lowest BCUT2D eigenvalue weighted by atomic mass is 9.78. The van der Waals surface area contributed by atoms with Crippen LogP contribution in [0.4, 0.5) is 5.13 Å². The number of thioether (sulfide) groups is 1. The molecule has 2 aliphatic rings. The van der Waals surface area contributed by atoms with Gasteiger partial charge in [0.15, 0.2) is 10.1 Å². The second kappa shape index (κ2) is 7.94. The molecule has 2 aromatic rings.